The molecular weight excluding hydrogens is 374 g/mol. The molecule has 0 radical (unpaired) electrons. The fourth-order valence-electron chi connectivity index (χ4n) is 3.06. The Bertz CT molecular complexity index is 778. The van der Waals surface area contributed by atoms with Gasteiger partial charge in [-0.3, -0.25) is 19.2 Å². The molecule has 0 aromatic carbocycles. The lowest BCUT2D eigenvalue weighted by molar-refractivity contribution is -0.148. The highest BCUT2D eigenvalue weighted by atomic mass is 16.2. The van der Waals surface area contributed by atoms with Crippen LogP contribution in [-0.4, -0.2) is 39.7 Å². The molecule has 4 N–H and O–H groups in total. The molecule has 29 heavy (non-hydrogen) atoms. The average molecular weight is 403 g/mol. The molecule has 0 aliphatic carbocycles. The molecule has 1 aromatic heterocycles. The lowest BCUT2D eigenvalue weighted by Crippen LogP contribution is -2.62. The molecule has 0 atom stereocenters. The number of amides is 4. The van der Waals surface area contributed by atoms with Crippen LogP contribution in [0.15, 0.2) is 18.3 Å². The number of fused-ring (bicyclic) bond motifs is 1. The second-order valence-electron chi connectivity index (χ2n) is 8.26. The maximum atomic E-state index is 13.1. The molecule has 1 aliphatic rings. The van der Waals surface area contributed by atoms with Crippen molar-refractivity contribution < 1.29 is 19.2 Å². The summed E-state index contributed by atoms with van der Waals surface area (Å²) in [5.41, 5.74) is -3.77. The number of pyridine rings is 1. The largest absolute Gasteiger partial charge is 0.341 e. The minimum absolute atomic E-state index is 0.145. The van der Waals surface area contributed by atoms with Gasteiger partial charge in [0.25, 0.3) is 5.91 Å². The van der Waals surface area contributed by atoms with Gasteiger partial charge in [0.2, 0.25) is 17.7 Å². The minimum atomic E-state index is -1.42. The number of hydrogen-bond acceptors (Lipinski definition) is 5. The van der Waals surface area contributed by atoms with E-state index in [1.165, 1.54) is 6.20 Å². The second kappa shape index (κ2) is 7.81. The van der Waals surface area contributed by atoms with Crippen LogP contribution in [0.2, 0.25) is 0 Å². The van der Waals surface area contributed by atoms with Gasteiger partial charge in [-0.15, -0.1) is 0 Å². The fourth-order valence-corrected chi connectivity index (χ4v) is 3.06. The zero-order valence-corrected chi connectivity index (χ0v) is 17.7. The number of nitrogens with zero attached hydrogens (tertiary/aromatic N) is 1. The van der Waals surface area contributed by atoms with Crippen LogP contribution in [0, 0.1) is 5.41 Å². The molecule has 1 aliphatic heterocycles. The first kappa shape index (κ1) is 22.3. The van der Waals surface area contributed by atoms with Crippen LogP contribution in [0.25, 0.3) is 0 Å². The van der Waals surface area contributed by atoms with Gasteiger partial charge >= 0.3 is 0 Å². The summed E-state index contributed by atoms with van der Waals surface area (Å²) in [5, 5.41) is 10.7. The lowest BCUT2D eigenvalue weighted by atomic mass is 9.78. The predicted molar refractivity (Wildman–Crippen MR) is 109 cm³/mol. The van der Waals surface area contributed by atoms with Gasteiger partial charge in [0.1, 0.15) is 16.5 Å². The van der Waals surface area contributed by atoms with Crippen molar-refractivity contribution in [2.45, 2.75) is 65.5 Å². The fraction of sp³-hybridized carbons (Fsp3) is 0.550. The van der Waals surface area contributed by atoms with Gasteiger partial charge < -0.3 is 21.3 Å². The summed E-state index contributed by atoms with van der Waals surface area (Å²) in [6.45, 7) is 9.62. The van der Waals surface area contributed by atoms with Crippen molar-refractivity contribution in [2.24, 2.45) is 5.41 Å². The Morgan fingerprint density at radius 2 is 1.28 bits per heavy atom. The summed E-state index contributed by atoms with van der Waals surface area (Å²) >= 11 is 0. The molecule has 2 heterocycles. The summed E-state index contributed by atoms with van der Waals surface area (Å²) in [7, 11) is 0. The van der Waals surface area contributed by atoms with Crippen molar-refractivity contribution in [2.75, 3.05) is 10.6 Å². The van der Waals surface area contributed by atoms with E-state index in [2.05, 4.69) is 26.3 Å². The van der Waals surface area contributed by atoms with Crippen molar-refractivity contribution in [3.8, 4) is 0 Å². The summed E-state index contributed by atoms with van der Waals surface area (Å²) in [5.74, 6) is -2.03. The van der Waals surface area contributed by atoms with Gasteiger partial charge in [0, 0.05) is 6.20 Å². The number of nitrogens with one attached hydrogen (secondary N) is 4. The van der Waals surface area contributed by atoms with Crippen LogP contribution in [0.4, 0.5) is 11.5 Å². The maximum absolute atomic E-state index is 13.1. The van der Waals surface area contributed by atoms with E-state index >= 15 is 0 Å². The van der Waals surface area contributed by atoms with Crippen LogP contribution in [-0.2, 0) is 19.2 Å². The summed E-state index contributed by atoms with van der Waals surface area (Å²) in [6.07, 6.45) is 1.89. The number of aromatic nitrogens is 1. The predicted octanol–water partition coefficient (Wildman–Crippen LogP) is 1.57. The van der Waals surface area contributed by atoms with Crippen LogP contribution in [0.5, 0.6) is 0 Å². The van der Waals surface area contributed by atoms with E-state index in [9.17, 15) is 19.2 Å². The first-order chi connectivity index (χ1) is 13.4. The first-order valence-corrected chi connectivity index (χ1v) is 9.62. The minimum Gasteiger partial charge on any atom is -0.341 e. The van der Waals surface area contributed by atoms with Crippen LogP contribution >= 0.6 is 0 Å². The Kier molecular flexibility index (Phi) is 6.01. The number of carbonyl (C=O) groups is 4. The average Bonchev–Trinajstić information content (AvgIpc) is 2.63. The second-order valence-corrected chi connectivity index (χ2v) is 8.26. The highest BCUT2D eigenvalue weighted by molar-refractivity contribution is 6.11. The first-order valence-electron chi connectivity index (χ1n) is 9.62. The number of anilines is 2. The third-order valence-corrected chi connectivity index (χ3v) is 5.35. The van der Waals surface area contributed by atoms with Crippen molar-refractivity contribution in [3.63, 3.8) is 0 Å². The molecular formula is C20H29N5O4. The van der Waals surface area contributed by atoms with E-state index in [0.717, 1.165) is 0 Å². The number of hydrogen-bond donors (Lipinski definition) is 4. The van der Waals surface area contributed by atoms with Gasteiger partial charge in [-0.1, -0.05) is 13.8 Å². The highest BCUT2D eigenvalue weighted by Gasteiger charge is 2.48. The normalized spacial score (nSPS) is 21.2. The molecule has 0 spiro atoms. The van der Waals surface area contributed by atoms with E-state index in [1.54, 1.807) is 53.7 Å². The monoisotopic (exact) mass is 403 g/mol. The van der Waals surface area contributed by atoms with Crippen LogP contribution < -0.4 is 21.3 Å². The Balaban J connectivity index is 2.60. The highest BCUT2D eigenvalue weighted by Crippen LogP contribution is 2.30. The smallest absolute Gasteiger partial charge is 0.250 e. The van der Waals surface area contributed by atoms with E-state index in [0.29, 0.717) is 0 Å². The van der Waals surface area contributed by atoms with E-state index in [4.69, 9.17) is 0 Å². The zero-order chi connectivity index (χ0) is 22.0. The summed E-state index contributed by atoms with van der Waals surface area (Å²) < 4.78 is 0. The Morgan fingerprint density at radius 3 is 1.76 bits per heavy atom. The summed E-state index contributed by atoms with van der Waals surface area (Å²) in [4.78, 5) is 56.1. The van der Waals surface area contributed by atoms with Crippen LogP contribution in [0.1, 0.15) is 54.4 Å². The molecule has 0 unspecified atom stereocenters. The molecule has 0 saturated carbocycles. The van der Waals surface area contributed by atoms with Gasteiger partial charge in [0.05, 0.1) is 5.69 Å². The van der Waals surface area contributed by atoms with Gasteiger partial charge in [-0.25, -0.2) is 4.98 Å². The van der Waals surface area contributed by atoms with Crippen LogP contribution in [0.3, 0.4) is 0 Å². The molecule has 9 heteroatoms. The number of rotatable bonds is 2. The molecule has 158 valence electrons. The maximum Gasteiger partial charge on any atom is 0.250 e. The van der Waals surface area contributed by atoms with E-state index < -0.39 is 40.1 Å². The molecule has 0 bridgehead atoms. The molecule has 9 nitrogen and oxygen atoms in total. The SMILES string of the molecule is CCC1(CC)C(=O)NC(C)(C)C(=O)Nc2cccnc2NC(=O)C(C)(C)NC1=O. The standard InChI is InChI=1S/C20H29N5O4/c1-7-20(8-2)16(28)24-18(3,4)14(26)22-12-10-9-11-21-13(12)23-15(27)19(5,6)25-17(20)29/h9-11H,7-8H2,1-6H3,(H,22,26)(H,24,28)(H,25,29)(H,21,23,27). The quantitative estimate of drug-likeness (QED) is 0.557. The van der Waals surface area contributed by atoms with E-state index in [-0.39, 0.29) is 24.3 Å². The zero-order valence-electron chi connectivity index (χ0n) is 17.7. The van der Waals surface area contributed by atoms with Crippen molar-refractivity contribution in [1.29, 1.82) is 0 Å². The Hall–Kier alpha value is -2.97. The van der Waals surface area contributed by atoms with Crippen molar-refractivity contribution in [3.05, 3.63) is 18.3 Å². The molecule has 0 saturated heterocycles. The van der Waals surface area contributed by atoms with E-state index in [1.807, 2.05) is 0 Å². The Morgan fingerprint density at radius 1 is 0.793 bits per heavy atom. The molecule has 4 amide bonds. The van der Waals surface area contributed by atoms with Gasteiger partial charge in [-0.05, 0) is 52.7 Å². The summed E-state index contributed by atoms with van der Waals surface area (Å²) in [6, 6.07) is 3.20. The topological polar surface area (TPSA) is 129 Å². The van der Waals surface area contributed by atoms with Gasteiger partial charge in [0.15, 0.2) is 5.82 Å². The molecule has 1 aromatic rings. The lowest BCUT2D eigenvalue weighted by Gasteiger charge is -2.35. The third kappa shape index (κ3) is 4.23. The van der Waals surface area contributed by atoms with Crippen molar-refractivity contribution in [1.82, 2.24) is 15.6 Å². The van der Waals surface area contributed by atoms with Crippen molar-refractivity contribution >= 4 is 35.1 Å². The van der Waals surface area contributed by atoms with Gasteiger partial charge in [-0.2, -0.15) is 0 Å². The molecule has 0 fully saturated rings. The third-order valence-electron chi connectivity index (χ3n) is 5.35. The Labute approximate surface area is 170 Å². The number of carbonyl (C=O) groups excluding carboxylic acids is 4. The molecule has 2 rings (SSSR count).